The van der Waals surface area contributed by atoms with E-state index in [0.29, 0.717) is 42.0 Å². The molecule has 39 heavy (non-hydrogen) atoms. The van der Waals surface area contributed by atoms with Crippen molar-refractivity contribution in [3.63, 3.8) is 0 Å². The molecule has 1 amide bonds. The number of nitrogens with one attached hydrogen (secondary N) is 1. The Bertz CT molecular complexity index is 1470. The number of rotatable bonds is 11. The molecule has 10 heteroatoms. The number of benzene rings is 2. The van der Waals surface area contributed by atoms with E-state index in [1.165, 1.54) is 4.90 Å². The zero-order chi connectivity index (χ0) is 27.9. The molecule has 202 valence electrons. The topological polar surface area (TPSA) is 127 Å². The zero-order valence-electron chi connectivity index (χ0n) is 22.1. The molecule has 2 heterocycles. The Kier molecular flexibility index (Phi) is 8.55. The van der Waals surface area contributed by atoms with Crippen molar-refractivity contribution in [3.05, 3.63) is 83.8 Å². The number of carbonyl (C=O) groups is 3. The van der Waals surface area contributed by atoms with Crippen LogP contribution in [0.1, 0.15) is 53.2 Å². The summed E-state index contributed by atoms with van der Waals surface area (Å²) in [4.78, 5) is 47.6. The normalized spacial score (nSPS) is 11.7. The number of ether oxygens (including phenoxy) is 1. The molecule has 0 aliphatic rings. The van der Waals surface area contributed by atoms with Crippen molar-refractivity contribution in [1.29, 1.82) is 0 Å². The number of carboxylic acid groups (broad SMARTS) is 1. The second-order valence-corrected chi connectivity index (χ2v) is 8.96. The number of fused-ring (bicyclic) bond motifs is 1. The van der Waals surface area contributed by atoms with Crippen molar-refractivity contribution < 1.29 is 24.2 Å². The number of pyridine rings is 1. The maximum atomic E-state index is 13.7. The molecular formula is C29H31N5O5. The van der Waals surface area contributed by atoms with Gasteiger partial charge in [-0.05, 0) is 67.9 Å². The molecular weight excluding hydrogens is 498 g/mol. The lowest BCUT2D eigenvalue weighted by Gasteiger charge is -2.29. The Morgan fingerprint density at radius 3 is 2.44 bits per heavy atom. The molecule has 10 nitrogen and oxygen atoms in total. The lowest BCUT2D eigenvalue weighted by atomic mass is 10.1. The number of amides is 1. The van der Waals surface area contributed by atoms with Gasteiger partial charge in [0.15, 0.2) is 0 Å². The number of carboxylic acids is 1. The first-order valence-electron chi connectivity index (χ1n) is 12.7. The first-order chi connectivity index (χ1) is 18.8. The van der Waals surface area contributed by atoms with Crippen molar-refractivity contribution in [2.24, 2.45) is 7.05 Å². The summed E-state index contributed by atoms with van der Waals surface area (Å²) >= 11 is 0. The molecule has 4 aromatic rings. The second-order valence-electron chi connectivity index (χ2n) is 8.96. The molecule has 2 N–H and O–H groups in total. The van der Waals surface area contributed by atoms with Gasteiger partial charge in [0.1, 0.15) is 11.6 Å². The monoisotopic (exact) mass is 529 g/mol. The third kappa shape index (κ3) is 6.23. The summed E-state index contributed by atoms with van der Waals surface area (Å²) in [5.41, 5.74) is 3.19. The summed E-state index contributed by atoms with van der Waals surface area (Å²) < 4.78 is 6.96. The first-order valence-corrected chi connectivity index (χ1v) is 12.7. The predicted molar refractivity (Wildman–Crippen MR) is 148 cm³/mol. The van der Waals surface area contributed by atoms with Gasteiger partial charge in [-0.1, -0.05) is 13.0 Å². The van der Waals surface area contributed by atoms with Gasteiger partial charge < -0.3 is 19.7 Å². The molecule has 0 saturated heterocycles. The maximum Gasteiger partial charge on any atom is 0.338 e. The number of nitrogens with zero attached hydrogens (tertiary/aromatic N) is 4. The fourth-order valence-corrected chi connectivity index (χ4v) is 4.37. The molecule has 1 unspecified atom stereocenters. The minimum Gasteiger partial charge on any atom is -0.481 e. The van der Waals surface area contributed by atoms with E-state index < -0.39 is 12.0 Å². The van der Waals surface area contributed by atoms with Crippen LogP contribution >= 0.6 is 0 Å². The third-order valence-corrected chi connectivity index (χ3v) is 6.43. The zero-order valence-corrected chi connectivity index (χ0v) is 22.1. The Morgan fingerprint density at radius 1 is 1.05 bits per heavy atom. The van der Waals surface area contributed by atoms with Crippen LogP contribution in [0.2, 0.25) is 0 Å². The second kappa shape index (κ2) is 12.2. The van der Waals surface area contributed by atoms with Gasteiger partial charge in [-0.25, -0.2) is 14.8 Å². The van der Waals surface area contributed by atoms with Crippen molar-refractivity contribution >= 4 is 40.4 Å². The number of aromatic nitrogens is 3. The highest BCUT2D eigenvalue weighted by molar-refractivity contribution is 6.07. The van der Waals surface area contributed by atoms with Crippen LogP contribution in [0.4, 0.5) is 11.5 Å². The van der Waals surface area contributed by atoms with Crippen LogP contribution in [0.25, 0.3) is 11.0 Å². The average molecular weight is 530 g/mol. The summed E-state index contributed by atoms with van der Waals surface area (Å²) in [7, 11) is 1.90. The van der Waals surface area contributed by atoms with E-state index >= 15 is 0 Å². The average Bonchev–Trinajstić information content (AvgIpc) is 3.26. The summed E-state index contributed by atoms with van der Waals surface area (Å²) in [5, 5.41) is 12.7. The fraction of sp³-hybridized carbons (Fsp3) is 0.276. The van der Waals surface area contributed by atoms with Gasteiger partial charge in [0.05, 0.1) is 36.2 Å². The van der Waals surface area contributed by atoms with Gasteiger partial charge >= 0.3 is 11.9 Å². The maximum absolute atomic E-state index is 13.7. The van der Waals surface area contributed by atoms with Crippen LogP contribution in [0.5, 0.6) is 0 Å². The minimum absolute atomic E-state index is 0.193. The van der Waals surface area contributed by atoms with E-state index in [1.807, 2.05) is 24.6 Å². The van der Waals surface area contributed by atoms with E-state index in [-0.39, 0.29) is 18.3 Å². The van der Waals surface area contributed by atoms with Crippen LogP contribution in [0.3, 0.4) is 0 Å². The van der Waals surface area contributed by atoms with E-state index in [1.54, 1.807) is 67.7 Å². The molecule has 2 aromatic heterocycles. The van der Waals surface area contributed by atoms with Gasteiger partial charge in [0, 0.05) is 30.5 Å². The largest absolute Gasteiger partial charge is 0.481 e. The van der Waals surface area contributed by atoms with Crippen molar-refractivity contribution in [2.45, 2.75) is 39.3 Å². The number of esters is 1. The molecule has 0 saturated carbocycles. The number of anilines is 2. The lowest BCUT2D eigenvalue weighted by molar-refractivity contribution is -0.137. The number of imidazole rings is 1. The molecule has 4 rings (SSSR count). The number of aryl methyl sites for hydroxylation is 1. The number of aliphatic carboxylic acids is 1. The van der Waals surface area contributed by atoms with Crippen LogP contribution in [0.15, 0.2) is 66.9 Å². The highest BCUT2D eigenvalue weighted by Crippen LogP contribution is 2.24. The minimum atomic E-state index is -0.983. The summed E-state index contributed by atoms with van der Waals surface area (Å²) in [6.45, 7) is 4.36. The van der Waals surface area contributed by atoms with E-state index in [0.717, 1.165) is 17.0 Å². The molecule has 0 aliphatic heterocycles. The Morgan fingerprint density at radius 2 is 1.79 bits per heavy atom. The summed E-state index contributed by atoms with van der Waals surface area (Å²) in [5.74, 6) is -0.530. The molecule has 0 fully saturated rings. The van der Waals surface area contributed by atoms with Crippen LogP contribution in [-0.2, 0) is 23.1 Å². The molecule has 2 aromatic carbocycles. The van der Waals surface area contributed by atoms with Gasteiger partial charge in [0.25, 0.3) is 5.91 Å². The van der Waals surface area contributed by atoms with Crippen molar-refractivity contribution in [2.75, 3.05) is 16.8 Å². The van der Waals surface area contributed by atoms with Crippen LogP contribution in [0, 0.1) is 0 Å². The van der Waals surface area contributed by atoms with Crippen molar-refractivity contribution in [1.82, 2.24) is 14.5 Å². The van der Waals surface area contributed by atoms with Gasteiger partial charge in [-0.2, -0.15) is 0 Å². The Hall–Kier alpha value is -4.73. The van der Waals surface area contributed by atoms with Crippen LogP contribution in [-0.4, -0.2) is 50.1 Å². The first kappa shape index (κ1) is 27.3. The predicted octanol–water partition coefficient (Wildman–Crippen LogP) is 4.66. The Balaban J connectivity index is 1.57. The van der Waals surface area contributed by atoms with E-state index in [9.17, 15) is 19.5 Å². The fourth-order valence-electron chi connectivity index (χ4n) is 4.37. The number of hydrogen-bond donors (Lipinski definition) is 2. The standard InChI is InChI=1S/C29H31N5O5/c1-4-22(17-27(35)36)34(25-8-6-7-15-30-25)28(37)20-11-14-24-23(16-20)32-26(33(24)3)18-31-21-12-9-19(10-13-21)29(38)39-5-2/h6-16,22,31H,4-5,17-18H2,1-3H3,(H,35,36). The third-order valence-electron chi connectivity index (χ3n) is 6.43. The van der Waals surface area contributed by atoms with E-state index in [4.69, 9.17) is 9.72 Å². The van der Waals surface area contributed by atoms with Crippen molar-refractivity contribution in [3.8, 4) is 0 Å². The molecule has 0 spiro atoms. The molecule has 0 radical (unpaired) electrons. The SMILES string of the molecule is CCOC(=O)c1ccc(NCc2nc3cc(C(=O)N(c4ccccn4)C(CC)CC(=O)O)ccc3n2C)cc1. The van der Waals surface area contributed by atoms with Crippen LogP contribution < -0.4 is 10.2 Å². The lowest BCUT2D eigenvalue weighted by Crippen LogP contribution is -2.42. The highest BCUT2D eigenvalue weighted by atomic mass is 16.5. The molecule has 1 atom stereocenters. The Labute approximate surface area is 226 Å². The van der Waals surface area contributed by atoms with Gasteiger partial charge in [-0.15, -0.1) is 0 Å². The highest BCUT2D eigenvalue weighted by Gasteiger charge is 2.28. The number of carbonyl (C=O) groups excluding carboxylic acids is 2. The van der Waals surface area contributed by atoms with E-state index in [2.05, 4.69) is 10.3 Å². The summed E-state index contributed by atoms with van der Waals surface area (Å²) in [6, 6.07) is 16.9. The van der Waals surface area contributed by atoms with Gasteiger partial charge in [-0.3, -0.25) is 14.5 Å². The molecule has 0 bridgehead atoms. The van der Waals surface area contributed by atoms with Gasteiger partial charge in [0.2, 0.25) is 0 Å². The smallest absolute Gasteiger partial charge is 0.338 e. The summed E-state index contributed by atoms with van der Waals surface area (Å²) in [6.07, 6.45) is 1.84. The number of hydrogen-bond acceptors (Lipinski definition) is 7. The quantitative estimate of drug-likeness (QED) is 0.269. The molecule has 0 aliphatic carbocycles.